The topological polar surface area (TPSA) is 84.9 Å². The molecule has 158 valence electrons. The largest absolute Gasteiger partial charge is 0.497 e. The molecule has 0 aliphatic carbocycles. The number of ether oxygens (including phenoxy) is 2. The molecule has 29 heavy (non-hydrogen) atoms. The van der Waals surface area contributed by atoms with Gasteiger partial charge in [0.1, 0.15) is 18.1 Å². The minimum Gasteiger partial charge on any atom is -0.497 e. The second-order valence-corrected chi connectivity index (χ2v) is 9.01. The van der Waals surface area contributed by atoms with Crippen molar-refractivity contribution in [2.24, 2.45) is 0 Å². The molecule has 0 aliphatic rings. The zero-order chi connectivity index (χ0) is 21.6. The minimum atomic E-state index is -3.77. The fourth-order valence-corrected chi connectivity index (χ4v) is 3.73. The van der Waals surface area contributed by atoms with Crippen molar-refractivity contribution in [2.75, 3.05) is 27.3 Å². The lowest BCUT2D eigenvalue weighted by Gasteiger charge is -2.19. The van der Waals surface area contributed by atoms with Crippen LogP contribution in [0.1, 0.15) is 18.1 Å². The van der Waals surface area contributed by atoms with Gasteiger partial charge >= 0.3 is 0 Å². The summed E-state index contributed by atoms with van der Waals surface area (Å²) in [5, 5.41) is 2.76. The number of hydrogen-bond acceptors (Lipinski definition) is 5. The van der Waals surface area contributed by atoms with Crippen molar-refractivity contribution in [1.82, 2.24) is 9.62 Å². The van der Waals surface area contributed by atoms with Crippen LogP contribution in [0.4, 0.5) is 0 Å². The lowest BCUT2D eigenvalue weighted by molar-refractivity contribution is -0.121. The van der Waals surface area contributed by atoms with E-state index >= 15 is 0 Å². The Balaban J connectivity index is 1.88. The molecule has 0 saturated heterocycles. The summed E-state index contributed by atoms with van der Waals surface area (Å²) in [5.41, 5.74) is 2.31. The number of sulfonamides is 1. The van der Waals surface area contributed by atoms with Gasteiger partial charge < -0.3 is 14.8 Å². The predicted octanol–water partition coefficient (Wildman–Crippen LogP) is 2.52. The summed E-state index contributed by atoms with van der Waals surface area (Å²) in [5.74, 6) is 0.885. The summed E-state index contributed by atoms with van der Waals surface area (Å²) >= 11 is 0. The summed E-state index contributed by atoms with van der Waals surface area (Å²) < 4.78 is 37.0. The Hall–Kier alpha value is -2.58. The van der Waals surface area contributed by atoms with E-state index in [-0.39, 0.29) is 24.1 Å². The molecule has 0 aromatic heterocycles. The molecule has 2 aromatic carbocycles. The van der Waals surface area contributed by atoms with Gasteiger partial charge in [-0.1, -0.05) is 6.07 Å². The van der Waals surface area contributed by atoms with Gasteiger partial charge in [0.15, 0.2) is 0 Å². The molecule has 1 amide bonds. The number of rotatable bonds is 9. The van der Waals surface area contributed by atoms with Crippen LogP contribution in [0.5, 0.6) is 11.5 Å². The van der Waals surface area contributed by atoms with Crippen LogP contribution in [0, 0.1) is 13.8 Å². The molecule has 8 heteroatoms. The maximum atomic E-state index is 12.6. The standard InChI is InChI=1S/C21H28N2O5S/c1-15-6-7-19(12-16(15)2)28-14-17(3)22-21(24)13-23(4)29(25,26)20-10-8-18(27-5)9-11-20/h6-12,17H,13-14H2,1-5H3,(H,22,24)/t17-/m0/s1. The van der Waals surface area contributed by atoms with Crippen LogP contribution in [0.2, 0.25) is 0 Å². The average Bonchev–Trinajstić information content (AvgIpc) is 2.68. The highest BCUT2D eigenvalue weighted by Crippen LogP contribution is 2.19. The van der Waals surface area contributed by atoms with Crippen LogP contribution < -0.4 is 14.8 Å². The van der Waals surface area contributed by atoms with Gasteiger partial charge in [-0.05, 0) is 68.3 Å². The van der Waals surface area contributed by atoms with Crippen LogP contribution >= 0.6 is 0 Å². The lowest BCUT2D eigenvalue weighted by atomic mass is 10.1. The number of methoxy groups -OCH3 is 1. The van der Waals surface area contributed by atoms with E-state index in [9.17, 15) is 13.2 Å². The first kappa shape index (κ1) is 22.7. The third kappa shape index (κ3) is 6.20. The van der Waals surface area contributed by atoms with E-state index in [0.29, 0.717) is 5.75 Å². The molecule has 1 N–H and O–H groups in total. The van der Waals surface area contributed by atoms with Crippen molar-refractivity contribution in [3.63, 3.8) is 0 Å². The molecular weight excluding hydrogens is 392 g/mol. The highest BCUT2D eigenvalue weighted by Gasteiger charge is 2.23. The van der Waals surface area contributed by atoms with Crippen molar-refractivity contribution in [1.29, 1.82) is 0 Å². The van der Waals surface area contributed by atoms with E-state index in [1.165, 1.54) is 31.9 Å². The molecule has 0 unspecified atom stereocenters. The van der Waals surface area contributed by atoms with Crippen molar-refractivity contribution < 1.29 is 22.7 Å². The average molecular weight is 421 g/mol. The van der Waals surface area contributed by atoms with E-state index < -0.39 is 15.9 Å². The maximum absolute atomic E-state index is 12.6. The lowest BCUT2D eigenvalue weighted by Crippen LogP contribution is -2.43. The van der Waals surface area contributed by atoms with Crippen molar-refractivity contribution in [2.45, 2.75) is 31.7 Å². The molecule has 0 fully saturated rings. The van der Waals surface area contributed by atoms with Crippen LogP contribution in [-0.2, 0) is 14.8 Å². The zero-order valence-electron chi connectivity index (χ0n) is 17.4. The molecule has 2 rings (SSSR count). The molecule has 2 aromatic rings. The van der Waals surface area contributed by atoms with Crippen LogP contribution in [0.15, 0.2) is 47.4 Å². The number of likely N-dealkylation sites (N-methyl/N-ethyl adjacent to an activating group) is 1. The van der Waals surface area contributed by atoms with Gasteiger partial charge in [-0.25, -0.2) is 8.42 Å². The quantitative estimate of drug-likeness (QED) is 0.674. The van der Waals surface area contributed by atoms with Crippen molar-refractivity contribution in [3.05, 3.63) is 53.6 Å². The third-order valence-corrected chi connectivity index (χ3v) is 6.34. The third-order valence-electron chi connectivity index (χ3n) is 4.52. The zero-order valence-corrected chi connectivity index (χ0v) is 18.2. The Morgan fingerprint density at radius 2 is 1.69 bits per heavy atom. The molecule has 0 saturated carbocycles. The summed E-state index contributed by atoms with van der Waals surface area (Å²) in [4.78, 5) is 12.4. The highest BCUT2D eigenvalue weighted by molar-refractivity contribution is 7.89. The van der Waals surface area contributed by atoms with Crippen LogP contribution in [0.25, 0.3) is 0 Å². The van der Waals surface area contributed by atoms with E-state index in [2.05, 4.69) is 5.32 Å². The van der Waals surface area contributed by atoms with Crippen molar-refractivity contribution in [3.8, 4) is 11.5 Å². The first-order valence-corrected chi connectivity index (χ1v) is 10.7. The molecular formula is C21H28N2O5S. The van der Waals surface area contributed by atoms with Gasteiger partial charge in [0.05, 0.1) is 24.6 Å². The fraction of sp³-hybridized carbons (Fsp3) is 0.381. The molecule has 0 bridgehead atoms. The van der Waals surface area contributed by atoms with E-state index in [1.54, 1.807) is 19.1 Å². The Morgan fingerprint density at radius 1 is 1.07 bits per heavy atom. The maximum Gasteiger partial charge on any atom is 0.243 e. The number of nitrogens with one attached hydrogen (secondary N) is 1. The van der Waals surface area contributed by atoms with Gasteiger partial charge in [0.25, 0.3) is 0 Å². The number of hydrogen-bond donors (Lipinski definition) is 1. The van der Waals surface area contributed by atoms with E-state index in [4.69, 9.17) is 9.47 Å². The molecule has 1 atom stereocenters. The first-order chi connectivity index (χ1) is 13.6. The smallest absolute Gasteiger partial charge is 0.243 e. The normalized spacial score (nSPS) is 12.5. The monoisotopic (exact) mass is 420 g/mol. The van der Waals surface area contributed by atoms with Gasteiger partial charge in [-0.3, -0.25) is 4.79 Å². The minimum absolute atomic E-state index is 0.0970. The van der Waals surface area contributed by atoms with Gasteiger partial charge in [-0.2, -0.15) is 4.31 Å². The molecule has 0 spiro atoms. The Bertz CT molecular complexity index is 942. The van der Waals surface area contributed by atoms with E-state index in [1.807, 2.05) is 32.0 Å². The van der Waals surface area contributed by atoms with Crippen LogP contribution in [-0.4, -0.2) is 52.0 Å². The van der Waals surface area contributed by atoms with Gasteiger partial charge in [-0.15, -0.1) is 0 Å². The number of benzene rings is 2. The van der Waals surface area contributed by atoms with Crippen LogP contribution in [0.3, 0.4) is 0 Å². The van der Waals surface area contributed by atoms with Gasteiger partial charge in [0.2, 0.25) is 15.9 Å². The second-order valence-electron chi connectivity index (χ2n) is 6.96. The molecule has 0 radical (unpaired) electrons. The summed E-state index contributed by atoms with van der Waals surface area (Å²) in [6.07, 6.45) is 0. The Kier molecular flexibility index (Phi) is 7.64. The second kappa shape index (κ2) is 9.76. The molecule has 0 heterocycles. The Morgan fingerprint density at radius 3 is 2.28 bits per heavy atom. The fourth-order valence-electron chi connectivity index (χ4n) is 2.60. The highest BCUT2D eigenvalue weighted by atomic mass is 32.2. The SMILES string of the molecule is COc1ccc(S(=O)(=O)N(C)CC(=O)N[C@@H](C)COc2ccc(C)c(C)c2)cc1. The number of nitrogens with zero attached hydrogens (tertiary/aromatic N) is 1. The number of aryl methyl sites for hydroxylation is 2. The molecule has 7 nitrogen and oxygen atoms in total. The Labute approximate surface area is 172 Å². The van der Waals surface area contributed by atoms with E-state index in [0.717, 1.165) is 15.6 Å². The predicted molar refractivity (Wildman–Crippen MR) is 112 cm³/mol. The van der Waals surface area contributed by atoms with Gasteiger partial charge in [0, 0.05) is 7.05 Å². The number of carbonyl (C=O) groups is 1. The summed E-state index contributed by atoms with van der Waals surface area (Å²) in [7, 11) is -0.898. The molecule has 0 aliphatic heterocycles. The van der Waals surface area contributed by atoms with Crippen molar-refractivity contribution >= 4 is 15.9 Å². The summed E-state index contributed by atoms with van der Waals surface area (Å²) in [6, 6.07) is 11.5. The summed E-state index contributed by atoms with van der Waals surface area (Å²) in [6.45, 7) is 5.83. The first-order valence-electron chi connectivity index (χ1n) is 9.23. The number of amides is 1. The number of carbonyl (C=O) groups excluding carboxylic acids is 1.